The average molecular weight is 222 g/mol. The maximum Gasteiger partial charge on any atom is 0.256 e. The molecule has 1 aromatic heterocycles. The monoisotopic (exact) mass is 222 g/mol. The lowest BCUT2D eigenvalue weighted by atomic mass is 9.80. The van der Waals surface area contributed by atoms with Gasteiger partial charge in [-0.05, 0) is 31.7 Å². The first kappa shape index (κ1) is 11.2. The zero-order chi connectivity index (χ0) is 11.7. The summed E-state index contributed by atoms with van der Waals surface area (Å²) in [5.41, 5.74) is 6.35. The molecular formula is C12H18N2O2. The van der Waals surface area contributed by atoms with Crippen molar-refractivity contribution in [1.29, 1.82) is 0 Å². The van der Waals surface area contributed by atoms with Crippen molar-refractivity contribution >= 4 is 5.91 Å². The molecule has 4 heteroatoms. The number of nitrogens with zero attached hydrogens (tertiary/aromatic N) is 1. The summed E-state index contributed by atoms with van der Waals surface area (Å²) in [5.74, 6) is 1.36. The van der Waals surface area contributed by atoms with Crippen LogP contribution >= 0.6 is 0 Å². The topological polar surface area (TPSA) is 59.5 Å². The fourth-order valence-corrected chi connectivity index (χ4v) is 2.18. The van der Waals surface area contributed by atoms with Gasteiger partial charge in [-0.15, -0.1) is 0 Å². The summed E-state index contributed by atoms with van der Waals surface area (Å²) >= 11 is 0. The Morgan fingerprint density at radius 2 is 2.31 bits per heavy atom. The number of hydrogen-bond donors (Lipinski definition) is 1. The molecule has 2 N–H and O–H groups in total. The van der Waals surface area contributed by atoms with Gasteiger partial charge in [-0.3, -0.25) is 4.79 Å². The number of amides is 1. The minimum absolute atomic E-state index is 0.0253. The summed E-state index contributed by atoms with van der Waals surface area (Å²) < 4.78 is 5.13. The van der Waals surface area contributed by atoms with Crippen molar-refractivity contribution in [1.82, 2.24) is 4.90 Å². The smallest absolute Gasteiger partial charge is 0.256 e. The van der Waals surface area contributed by atoms with E-state index in [-0.39, 0.29) is 5.91 Å². The van der Waals surface area contributed by atoms with Crippen molar-refractivity contribution in [3.05, 3.63) is 23.7 Å². The van der Waals surface area contributed by atoms with Crippen molar-refractivity contribution in [3.63, 3.8) is 0 Å². The second kappa shape index (κ2) is 4.29. The Hall–Kier alpha value is -1.29. The summed E-state index contributed by atoms with van der Waals surface area (Å²) in [4.78, 5) is 13.7. The number of aryl methyl sites for hydroxylation is 1. The Morgan fingerprint density at radius 3 is 2.81 bits per heavy atom. The van der Waals surface area contributed by atoms with Gasteiger partial charge in [-0.1, -0.05) is 0 Å². The van der Waals surface area contributed by atoms with Gasteiger partial charge >= 0.3 is 0 Å². The molecule has 0 atom stereocenters. The van der Waals surface area contributed by atoms with E-state index in [9.17, 15) is 4.79 Å². The number of furan rings is 1. The van der Waals surface area contributed by atoms with Crippen LogP contribution in [-0.2, 0) is 0 Å². The molecule has 88 valence electrons. The molecule has 0 unspecified atom stereocenters. The molecule has 16 heavy (non-hydrogen) atoms. The van der Waals surface area contributed by atoms with Crippen LogP contribution in [0.2, 0.25) is 0 Å². The van der Waals surface area contributed by atoms with Crippen LogP contribution in [0.3, 0.4) is 0 Å². The van der Waals surface area contributed by atoms with E-state index in [1.807, 2.05) is 14.0 Å². The van der Waals surface area contributed by atoms with Crippen molar-refractivity contribution in [3.8, 4) is 0 Å². The second-order valence-electron chi connectivity index (χ2n) is 4.73. The van der Waals surface area contributed by atoms with Crippen molar-refractivity contribution in [2.24, 2.45) is 11.7 Å². The zero-order valence-electron chi connectivity index (χ0n) is 9.77. The summed E-state index contributed by atoms with van der Waals surface area (Å²) in [6, 6.07) is 2.11. The zero-order valence-corrected chi connectivity index (χ0v) is 9.77. The van der Waals surface area contributed by atoms with Crippen LogP contribution in [0.15, 0.2) is 16.7 Å². The molecule has 0 aliphatic heterocycles. The third kappa shape index (κ3) is 2.27. The largest absolute Gasteiger partial charge is 0.469 e. The van der Waals surface area contributed by atoms with Crippen LogP contribution in [-0.4, -0.2) is 30.4 Å². The molecule has 1 fully saturated rings. The Labute approximate surface area is 95.4 Å². The number of hydrogen-bond acceptors (Lipinski definition) is 3. The van der Waals surface area contributed by atoms with Crippen LogP contribution < -0.4 is 5.73 Å². The molecule has 1 aromatic rings. The summed E-state index contributed by atoms with van der Waals surface area (Å²) in [7, 11) is 1.83. The number of carbonyl (C=O) groups excluding carboxylic acids is 1. The number of carbonyl (C=O) groups is 1. The minimum Gasteiger partial charge on any atom is -0.469 e. The third-order valence-corrected chi connectivity index (χ3v) is 3.13. The maximum atomic E-state index is 11.9. The standard InChI is InChI=1S/C12H18N2O2/c1-8-3-10(7-16-8)12(15)14(2)6-9-4-11(13)5-9/h3,7,9,11H,4-6,13H2,1-2H3. The minimum atomic E-state index is 0.0253. The second-order valence-corrected chi connectivity index (χ2v) is 4.73. The fraction of sp³-hybridized carbons (Fsp3) is 0.583. The van der Waals surface area contributed by atoms with Crippen molar-refractivity contribution < 1.29 is 9.21 Å². The first-order valence-corrected chi connectivity index (χ1v) is 5.62. The highest BCUT2D eigenvalue weighted by atomic mass is 16.3. The quantitative estimate of drug-likeness (QED) is 0.841. The lowest BCUT2D eigenvalue weighted by Gasteiger charge is -2.35. The van der Waals surface area contributed by atoms with E-state index in [0.717, 1.165) is 25.1 Å². The molecule has 0 spiro atoms. The molecule has 1 aliphatic rings. The molecule has 0 saturated heterocycles. The number of nitrogens with two attached hydrogens (primary N) is 1. The van der Waals surface area contributed by atoms with E-state index in [0.29, 0.717) is 17.5 Å². The Balaban J connectivity index is 1.89. The van der Waals surface area contributed by atoms with E-state index >= 15 is 0 Å². The Morgan fingerprint density at radius 1 is 1.62 bits per heavy atom. The lowest BCUT2D eigenvalue weighted by molar-refractivity contribution is 0.0733. The predicted molar refractivity (Wildman–Crippen MR) is 61.1 cm³/mol. The summed E-state index contributed by atoms with van der Waals surface area (Å²) in [5, 5.41) is 0. The normalized spacial score (nSPS) is 23.9. The van der Waals surface area contributed by atoms with Gasteiger partial charge < -0.3 is 15.1 Å². The first-order valence-electron chi connectivity index (χ1n) is 5.62. The van der Waals surface area contributed by atoms with Crippen LogP contribution in [0, 0.1) is 12.8 Å². The van der Waals surface area contributed by atoms with Crippen LogP contribution in [0.25, 0.3) is 0 Å². The molecule has 1 aliphatic carbocycles. The van der Waals surface area contributed by atoms with E-state index in [1.54, 1.807) is 11.0 Å². The molecule has 1 saturated carbocycles. The van der Waals surface area contributed by atoms with E-state index in [2.05, 4.69) is 0 Å². The van der Waals surface area contributed by atoms with Gasteiger partial charge in [0.25, 0.3) is 5.91 Å². The molecule has 4 nitrogen and oxygen atoms in total. The molecule has 0 radical (unpaired) electrons. The Bertz CT molecular complexity index is 380. The summed E-state index contributed by atoms with van der Waals surface area (Å²) in [6.45, 7) is 2.62. The first-order chi connectivity index (χ1) is 7.56. The van der Waals surface area contributed by atoms with Crippen LogP contribution in [0.4, 0.5) is 0 Å². The molecule has 0 bridgehead atoms. The van der Waals surface area contributed by atoms with Crippen molar-refractivity contribution in [2.75, 3.05) is 13.6 Å². The fourth-order valence-electron chi connectivity index (χ4n) is 2.18. The maximum absolute atomic E-state index is 11.9. The van der Waals surface area contributed by atoms with Gasteiger partial charge in [0.2, 0.25) is 0 Å². The van der Waals surface area contributed by atoms with E-state index in [1.165, 1.54) is 6.26 Å². The predicted octanol–water partition coefficient (Wildman–Crippen LogP) is 1.40. The lowest BCUT2D eigenvalue weighted by Crippen LogP contribution is -2.43. The summed E-state index contributed by atoms with van der Waals surface area (Å²) in [6.07, 6.45) is 3.57. The molecule has 1 heterocycles. The van der Waals surface area contributed by atoms with Gasteiger partial charge in [-0.2, -0.15) is 0 Å². The highest BCUT2D eigenvalue weighted by Crippen LogP contribution is 2.26. The number of rotatable bonds is 3. The highest BCUT2D eigenvalue weighted by molar-refractivity contribution is 5.93. The van der Waals surface area contributed by atoms with E-state index < -0.39 is 0 Å². The van der Waals surface area contributed by atoms with Gasteiger partial charge in [0.1, 0.15) is 12.0 Å². The Kier molecular flexibility index (Phi) is 3.01. The molecule has 0 aromatic carbocycles. The third-order valence-electron chi connectivity index (χ3n) is 3.13. The van der Waals surface area contributed by atoms with Gasteiger partial charge in [0.05, 0.1) is 5.56 Å². The van der Waals surface area contributed by atoms with Gasteiger partial charge in [0, 0.05) is 19.6 Å². The molecule has 1 amide bonds. The van der Waals surface area contributed by atoms with Gasteiger partial charge in [-0.25, -0.2) is 0 Å². The van der Waals surface area contributed by atoms with Gasteiger partial charge in [0.15, 0.2) is 0 Å². The SMILES string of the molecule is Cc1cc(C(=O)N(C)CC2CC(N)C2)co1. The van der Waals surface area contributed by atoms with Crippen LogP contribution in [0.1, 0.15) is 29.0 Å². The molecular weight excluding hydrogens is 204 g/mol. The highest BCUT2D eigenvalue weighted by Gasteiger charge is 2.28. The van der Waals surface area contributed by atoms with Crippen molar-refractivity contribution in [2.45, 2.75) is 25.8 Å². The van der Waals surface area contributed by atoms with E-state index in [4.69, 9.17) is 10.2 Å². The average Bonchev–Trinajstić information content (AvgIpc) is 2.61. The van der Waals surface area contributed by atoms with Crippen LogP contribution in [0.5, 0.6) is 0 Å². The molecule has 2 rings (SSSR count).